The zero-order valence-electron chi connectivity index (χ0n) is 19.5. The van der Waals surface area contributed by atoms with E-state index < -0.39 is 10.0 Å². The Hall–Kier alpha value is -2.48. The number of anilines is 1. The first-order valence-corrected chi connectivity index (χ1v) is 13.9. The summed E-state index contributed by atoms with van der Waals surface area (Å²) in [4.78, 5) is 12.9. The first-order valence-electron chi connectivity index (χ1n) is 10.9. The van der Waals surface area contributed by atoms with Crippen molar-refractivity contribution in [1.82, 2.24) is 5.32 Å². The van der Waals surface area contributed by atoms with E-state index in [-0.39, 0.29) is 17.3 Å². The highest BCUT2D eigenvalue weighted by Gasteiger charge is 2.28. The Morgan fingerprint density at radius 1 is 0.971 bits per heavy atom. The summed E-state index contributed by atoms with van der Waals surface area (Å²) in [5, 5.41) is 3.58. The molecule has 5 nitrogen and oxygen atoms in total. The molecule has 3 aromatic rings. The summed E-state index contributed by atoms with van der Waals surface area (Å²) in [6, 6.07) is 19.9. The van der Waals surface area contributed by atoms with Crippen molar-refractivity contribution in [2.24, 2.45) is 0 Å². The number of aryl methyl sites for hydroxylation is 3. The minimum Gasteiger partial charge on any atom is -0.354 e. The summed E-state index contributed by atoms with van der Waals surface area (Å²) in [5.41, 5.74) is 4.21. The number of hydrogen-bond acceptors (Lipinski definition) is 4. The lowest BCUT2D eigenvalue weighted by molar-refractivity contribution is -0.119. The van der Waals surface area contributed by atoms with Gasteiger partial charge in [-0.1, -0.05) is 59.6 Å². The molecule has 0 bridgehead atoms. The van der Waals surface area contributed by atoms with Crippen molar-refractivity contribution in [2.45, 2.75) is 31.4 Å². The maximum atomic E-state index is 13.5. The largest absolute Gasteiger partial charge is 0.354 e. The topological polar surface area (TPSA) is 66.5 Å². The number of thioether (sulfide) groups is 1. The molecule has 0 unspecified atom stereocenters. The van der Waals surface area contributed by atoms with Crippen molar-refractivity contribution in [1.29, 1.82) is 0 Å². The standard InChI is InChI=1S/C26H29ClN2O3S2/c1-19-9-12-23(13-10-19)34(31,32)29(25-16-20(2)8-11-21(25)3)17-26(30)28-14-15-33-18-22-6-4-5-7-24(22)27/h4-13,16H,14-15,17-18H2,1-3H3,(H,28,30). The Balaban J connectivity index is 1.70. The van der Waals surface area contributed by atoms with E-state index in [1.54, 1.807) is 42.1 Å². The monoisotopic (exact) mass is 516 g/mol. The first-order chi connectivity index (χ1) is 16.2. The minimum absolute atomic E-state index is 0.155. The van der Waals surface area contributed by atoms with Crippen LogP contribution < -0.4 is 9.62 Å². The van der Waals surface area contributed by atoms with Crippen LogP contribution in [0.5, 0.6) is 0 Å². The van der Waals surface area contributed by atoms with Crippen LogP contribution in [0.15, 0.2) is 71.6 Å². The van der Waals surface area contributed by atoms with Crippen molar-refractivity contribution in [2.75, 3.05) is 23.1 Å². The van der Waals surface area contributed by atoms with Gasteiger partial charge in [0.15, 0.2) is 0 Å². The molecule has 1 amide bonds. The first kappa shape index (κ1) is 26.1. The molecule has 3 aromatic carbocycles. The zero-order chi connectivity index (χ0) is 24.7. The lowest BCUT2D eigenvalue weighted by Gasteiger charge is -2.26. The Labute approximate surface area is 211 Å². The summed E-state index contributed by atoms with van der Waals surface area (Å²) in [6.45, 7) is 5.77. The molecule has 180 valence electrons. The number of benzene rings is 3. The van der Waals surface area contributed by atoms with E-state index in [2.05, 4.69) is 5.32 Å². The third-order valence-electron chi connectivity index (χ3n) is 5.31. The Bertz CT molecular complexity index is 1250. The quantitative estimate of drug-likeness (QED) is 0.361. The van der Waals surface area contributed by atoms with E-state index >= 15 is 0 Å². The van der Waals surface area contributed by atoms with Gasteiger partial charge in [0, 0.05) is 23.1 Å². The molecule has 0 atom stereocenters. The molecule has 0 radical (unpaired) electrons. The molecule has 8 heteroatoms. The number of nitrogens with one attached hydrogen (secondary N) is 1. The summed E-state index contributed by atoms with van der Waals surface area (Å²) >= 11 is 7.84. The number of sulfonamides is 1. The van der Waals surface area contributed by atoms with Crippen LogP contribution in [0.2, 0.25) is 5.02 Å². The van der Waals surface area contributed by atoms with Gasteiger partial charge >= 0.3 is 0 Å². The van der Waals surface area contributed by atoms with Crippen LogP contribution in [0.3, 0.4) is 0 Å². The molecule has 0 spiro atoms. The predicted octanol–water partition coefficient (Wildman–Crippen LogP) is 5.51. The highest BCUT2D eigenvalue weighted by Crippen LogP contribution is 2.28. The third kappa shape index (κ3) is 6.78. The van der Waals surface area contributed by atoms with Crippen LogP contribution in [-0.4, -0.2) is 33.2 Å². The molecule has 0 aliphatic rings. The van der Waals surface area contributed by atoms with Crippen LogP contribution in [0.1, 0.15) is 22.3 Å². The molecule has 0 heterocycles. The van der Waals surface area contributed by atoms with Crippen LogP contribution in [0, 0.1) is 20.8 Å². The van der Waals surface area contributed by atoms with Gasteiger partial charge in [-0.2, -0.15) is 11.8 Å². The van der Waals surface area contributed by atoms with Crippen molar-refractivity contribution < 1.29 is 13.2 Å². The van der Waals surface area contributed by atoms with Crippen molar-refractivity contribution in [3.05, 3.63) is 94.0 Å². The highest BCUT2D eigenvalue weighted by atomic mass is 35.5. The van der Waals surface area contributed by atoms with Crippen molar-refractivity contribution in [3.63, 3.8) is 0 Å². The highest BCUT2D eigenvalue weighted by molar-refractivity contribution is 7.98. The zero-order valence-corrected chi connectivity index (χ0v) is 21.9. The fourth-order valence-corrected chi connectivity index (χ4v) is 5.99. The summed E-state index contributed by atoms with van der Waals surface area (Å²) < 4.78 is 28.3. The van der Waals surface area contributed by atoms with Gasteiger partial charge in [0.1, 0.15) is 6.54 Å². The number of rotatable bonds is 10. The van der Waals surface area contributed by atoms with Gasteiger partial charge in [0.05, 0.1) is 10.6 Å². The molecule has 3 rings (SSSR count). The second-order valence-electron chi connectivity index (χ2n) is 8.11. The molecule has 0 fully saturated rings. The van der Waals surface area contributed by atoms with Crippen LogP contribution in [0.4, 0.5) is 5.69 Å². The average molecular weight is 517 g/mol. The van der Waals surface area contributed by atoms with E-state index in [0.717, 1.165) is 33.0 Å². The molecule has 0 saturated heterocycles. The van der Waals surface area contributed by atoms with Gasteiger partial charge in [0.2, 0.25) is 5.91 Å². The molecule has 34 heavy (non-hydrogen) atoms. The van der Waals surface area contributed by atoms with E-state index in [9.17, 15) is 13.2 Å². The summed E-state index contributed by atoms with van der Waals surface area (Å²) in [5.74, 6) is 1.08. The molecule has 1 N–H and O–H groups in total. The van der Waals surface area contributed by atoms with Gasteiger partial charge in [-0.15, -0.1) is 0 Å². The van der Waals surface area contributed by atoms with Gasteiger partial charge in [-0.05, 0) is 61.7 Å². The van der Waals surface area contributed by atoms with E-state index in [1.165, 1.54) is 4.31 Å². The van der Waals surface area contributed by atoms with Crippen molar-refractivity contribution >= 4 is 45.0 Å². The summed E-state index contributed by atoms with van der Waals surface area (Å²) in [6.07, 6.45) is 0. The van der Waals surface area contributed by atoms with E-state index in [1.807, 2.05) is 57.2 Å². The predicted molar refractivity (Wildman–Crippen MR) is 142 cm³/mol. The second-order valence-corrected chi connectivity index (χ2v) is 11.5. The van der Waals surface area contributed by atoms with Gasteiger partial charge < -0.3 is 5.32 Å². The molecule has 0 saturated carbocycles. The maximum Gasteiger partial charge on any atom is 0.264 e. The lowest BCUT2D eigenvalue weighted by atomic mass is 10.1. The molecule has 0 aliphatic carbocycles. The molecular weight excluding hydrogens is 488 g/mol. The number of hydrogen-bond donors (Lipinski definition) is 1. The van der Waals surface area contributed by atoms with Crippen LogP contribution >= 0.6 is 23.4 Å². The third-order valence-corrected chi connectivity index (χ3v) is 8.46. The number of carbonyl (C=O) groups is 1. The van der Waals surface area contributed by atoms with Gasteiger partial charge in [-0.25, -0.2) is 8.42 Å². The lowest BCUT2D eigenvalue weighted by Crippen LogP contribution is -2.41. The Kier molecular flexibility index (Phi) is 9.05. The smallest absolute Gasteiger partial charge is 0.264 e. The Morgan fingerprint density at radius 3 is 2.35 bits per heavy atom. The second kappa shape index (κ2) is 11.8. The fourth-order valence-electron chi connectivity index (χ4n) is 3.37. The number of halogens is 1. The summed E-state index contributed by atoms with van der Waals surface area (Å²) in [7, 11) is -3.93. The van der Waals surface area contributed by atoms with E-state index in [0.29, 0.717) is 18.0 Å². The normalized spacial score (nSPS) is 11.3. The Morgan fingerprint density at radius 2 is 1.65 bits per heavy atom. The number of nitrogens with zero attached hydrogens (tertiary/aromatic N) is 1. The maximum absolute atomic E-state index is 13.5. The average Bonchev–Trinajstić information content (AvgIpc) is 2.80. The van der Waals surface area contributed by atoms with Gasteiger partial charge in [-0.3, -0.25) is 9.10 Å². The van der Waals surface area contributed by atoms with Crippen LogP contribution in [0.25, 0.3) is 0 Å². The molecule has 0 aliphatic heterocycles. The van der Waals surface area contributed by atoms with Crippen LogP contribution in [-0.2, 0) is 20.6 Å². The SMILES string of the molecule is Cc1ccc(S(=O)(=O)N(CC(=O)NCCSCc2ccccc2Cl)c2cc(C)ccc2C)cc1. The molecule has 0 aromatic heterocycles. The van der Waals surface area contributed by atoms with E-state index in [4.69, 9.17) is 11.6 Å². The fraction of sp³-hybridized carbons (Fsp3) is 0.269. The number of carbonyl (C=O) groups excluding carboxylic acids is 1. The number of amides is 1. The minimum atomic E-state index is -3.93. The van der Waals surface area contributed by atoms with Gasteiger partial charge in [0.25, 0.3) is 10.0 Å². The molecular formula is C26H29ClN2O3S2. The van der Waals surface area contributed by atoms with Crippen molar-refractivity contribution in [3.8, 4) is 0 Å².